The van der Waals surface area contributed by atoms with Crippen LogP contribution in [0.4, 0.5) is 0 Å². The Morgan fingerprint density at radius 3 is 2.80 bits per heavy atom. The topological polar surface area (TPSA) is 121 Å². The smallest absolute Gasteiger partial charge is 0.321 e. The number of aromatic nitrogens is 2. The summed E-state index contributed by atoms with van der Waals surface area (Å²) >= 11 is 0. The quantitative estimate of drug-likeness (QED) is 0.558. The van der Waals surface area contributed by atoms with Crippen LogP contribution in [-0.2, 0) is 26.0 Å². The van der Waals surface area contributed by atoms with E-state index in [1.54, 1.807) is 0 Å². The molecule has 3 N–H and O–H groups in total. The second-order valence-electron chi connectivity index (χ2n) is 4.19. The van der Waals surface area contributed by atoms with E-state index in [4.69, 9.17) is 9.84 Å². The van der Waals surface area contributed by atoms with Crippen LogP contribution in [0.15, 0.2) is 11.2 Å². The first-order chi connectivity index (χ1) is 9.40. The molecule has 0 saturated heterocycles. The van der Waals surface area contributed by atoms with Gasteiger partial charge in [0.25, 0.3) is 10.0 Å². The number of rotatable bonds is 9. The molecule has 0 spiro atoms. The molecule has 1 atom stereocenters. The third kappa shape index (κ3) is 4.58. The monoisotopic (exact) mass is 305 g/mol. The van der Waals surface area contributed by atoms with Gasteiger partial charge in [0.15, 0.2) is 5.03 Å². The van der Waals surface area contributed by atoms with Gasteiger partial charge in [-0.1, -0.05) is 6.92 Å². The number of sulfonamides is 1. The van der Waals surface area contributed by atoms with Crippen molar-refractivity contribution in [3.63, 3.8) is 0 Å². The van der Waals surface area contributed by atoms with Gasteiger partial charge in [0.05, 0.1) is 6.20 Å². The van der Waals surface area contributed by atoms with Crippen molar-refractivity contribution in [1.29, 1.82) is 0 Å². The predicted molar refractivity (Wildman–Crippen MR) is 70.8 cm³/mol. The Bertz CT molecular complexity index is 540. The summed E-state index contributed by atoms with van der Waals surface area (Å²) in [4.78, 5) is 17.6. The Balaban J connectivity index is 2.77. The van der Waals surface area contributed by atoms with Gasteiger partial charge >= 0.3 is 5.97 Å². The van der Waals surface area contributed by atoms with Crippen molar-refractivity contribution in [2.24, 2.45) is 0 Å². The molecule has 1 aromatic heterocycles. The summed E-state index contributed by atoms with van der Waals surface area (Å²) in [5.74, 6) is -0.698. The lowest BCUT2D eigenvalue weighted by molar-refractivity contribution is -0.139. The number of aromatic amines is 1. The van der Waals surface area contributed by atoms with Crippen LogP contribution in [0, 0.1) is 0 Å². The van der Waals surface area contributed by atoms with E-state index in [0.29, 0.717) is 25.3 Å². The molecule has 0 saturated carbocycles. The predicted octanol–water partition coefficient (Wildman–Crippen LogP) is 0.130. The van der Waals surface area contributed by atoms with Crippen LogP contribution in [0.5, 0.6) is 0 Å². The van der Waals surface area contributed by atoms with E-state index in [1.807, 2.05) is 6.92 Å². The zero-order valence-electron chi connectivity index (χ0n) is 11.4. The maximum Gasteiger partial charge on any atom is 0.321 e. The fourth-order valence-electron chi connectivity index (χ4n) is 1.57. The molecule has 1 aromatic rings. The number of hydrogen-bond donors (Lipinski definition) is 3. The van der Waals surface area contributed by atoms with Gasteiger partial charge in [0.1, 0.15) is 11.9 Å². The number of hydrogen-bond acceptors (Lipinski definition) is 5. The minimum atomic E-state index is -3.92. The normalized spacial score (nSPS) is 13.3. The minimum absolute atomic E-state index is 0.132. The van der Waals surface area contributed by atoms with Gasteiger partial charge in [-0.15, -0.1) is 0 Å². The number of carboxylic acid groups (broad SMARTS) is 1. The summed E-state index contributed by atoms with van der Waals surface area (Å²) < 4.78 is 31.0. The molecule has 0 bridgehead atoms. The average molecular weight is 305 g/mol. The maximum atomic E-state index is 12.0. The first kappa shape index (κ1) is 16.6. The van der Waals surface area contributed by atoms with Crippen molar-refractivity contribution in [3.05, 3.63) is 12.0 Å². The fourth-order valence-corrected chi connectivity index (χ4v) is 2.74. The van der Waals surface area contributed by atoms with Crippen LogP contribution in [-0.4, -0.2) is 49.2 Å². The Morgan fingerprint density at radius 2 is 2.30 bits per heavy atom. The number of carboxylic acids is 1. The number of nitrogens with zero attached hydrogens (tertiary/aromatic N) is 1. The fraction of sp³-hybridized carbons (Fsp3) is 0.636. The van der Waals surface area contributed by atoms with Crippen LogP contribution < -0.4 is 4.72 Å². The van der Waals surface area contributed by atoms with Crippen LogP contribution in [0.2, 0.25) is 0 Å². The summed E-state index contributed by atoms with van der Waals surface area (Å²) in [6, 6.07) is -1.19. The van der Waals surface area contributed by atoms with E-state index in [-0.39, 0.29) is 11.4 Å². The summed E-state index contributed by atoms with van der Waals surface area (Å²) in [7, 11) is -2.42. The number of aryl methyl sites for hydroxylation is 1. The number of aliphatic carboxylic acids is 1. The number of ether oxygens (including phenoxy) is 1. The molecule has 20 heavy (non-hydrogen) atoms. The van der Waals surface area contributed by atoms with E-state index in [2.05, 4.69) is 14.7 Å². The highest BCUT2D eigenvalue weighted by molar-refractivity contribution is 7.89. The van der Waals surface area contributed by atoms with Gasteiger partial charge in [-0.3, -0.25) is 4.79 Å². The molecule has 0 aliphatic heterocycles. The molecule has 0 aromatic carbocycles. The van der Waals surface area contributed by atoms with Crippen LogP contribution >= 0.6 is 0 Å². The van der Waals surface area contributed by atoms with Gasteiger partial charge in [-0.25, -0.2) is 13.4 Å². The highest BCUT2D eigenvalue weighted by Crippen LogP contribution is 2.09. The van der Waals surface area contributed by atoms with Gasteiger partial charge < -0.3 is 14.8 Å². The van der Waals surface area contributed by atoms with Crippen molar-refractivity contribution in [1.82, 2.24) is 14.7 Å². The highest BCUT2D eigenvalue weighted by atomic mass is 32.2. The third-order valence-corrected chi connectivity index (χ3v) is 4.05. The van der Waals surface area contributed by atoms with E-state index in [9.17, 15) is 13.2 Å². The van der Waals surface area contributed by atoms with Crippen molar-refractivity contribution in [3.8, 4) is 0 Å². The first-order valence-corrected chi connectivity index (χ1v) is 7.67. The molecular weight excluding hydrogens is 286 g/mol. The van der Waals surface area contributed by atoms with Gasteiger partial charge in [-0.05, 0) is 12.8 Å². The summed E-state index contributed by atoms with van der Waals surface area (Å²) in [6.07, 6.45) is 2.33. The zero-order chi connectivity index (χ0) is 15.2. The average Bonchev–Trinajstić information content (AvgIpc) is 2.87. The van der Waals surface area contributed by atoms with E-state index >= 15 is 0 Å². The highest BCUT2D eigenvalue weighted by Gasteiger charge is 2.26. The molecule has 8 nitrogen and oxygen atoms in total. The molecule has 1 heterocycles. The maximum absolute atomic E-state index is 12.0. The first-order valence-electron chi connectivity index (χ1n) is 6.18. The van der Waals surface area contributed by atoms with Crippen molar-refractivity contribution >= 4 is 16.0 Å². The summed E-state index contributed by atoms with van der Waals surface area (Å²) in [6.45, 7) is 2.20. The van der Waals surface area contributed by atoms with Crippen LogP contribution in [0.1, 0.15) is 25.6 Å². The minimum Gasteiger partial charge on any atom is -0.480 e. The lowest BCUT2D eigenvalue weighted by Crippen LogP contribution is -2.41. The van der Waals surface area contributed by atoms with Crippen LogP contribution in [0.25, 0.3) is 0 Å². The van der Waals surface area contributed by atoms with Crippen molar-refractivity contribution in [2.45, 2.75) is 37.3 Å². The number of carbonyl (C=O) groups is 1. The largest absolute Gasteiger partial charge is 0.480 e. The molecule has 9 heteroatoms. The number of methoxy groups -OCH3 is 1. The molecule has 1 rings (SSSR count). The Hall–Kier alpha value is -1.45. The SMILES string of the molecule is CCc1ncc(S(=O)(=O)NC(CCCOC)C(=O)O)[nH]1. The summed E-state index contributed by atoms with van der Waals surface area (Å²) in [5, 5.41) is 8.91. The molecule has 114 valence electrons. The molecule has 1 unspecified atom stereocenters. The van der Waals surface area contributed by atoms with Gasteiger partial charge in [0.2, 0.25) is 0 Å². The van der Waals surface area contributed by atoms with E-state index in [0.717, 1.165) is 0 Å². The Morgan fingerprint density at radius 1 is 1.60 bits per heavy atom. The molecule has 0 amide bonds. The lowest BCUT2D eigenvalue weighted by atomic mass is 10.2. The number of H-pyrrole nitrogens is 1. The standard InChI is InChI=1S/C11H19N3O5S/c1-3-9-12-7-10(13-9)20(17,18)14-8(11(15)16)5-4-6-19-2/h7-8,14H,3-6H2,1-2H3,(H,12,13)(H,15,16). The number of imidazole rings is 1. The molecule has 0 radical (unpaired) electrons. The molecule has 0 aliphatic rings. The second kappa shape index (κ2) is 7.36. The summed E-state index contributed by atoms with van der Waals surface area (Å²) in [5.41, 5.74) is 0. The van der Waals surface area contributed by atoms with Crippen molar-refractivity contribution < 1.29 is 23.1 Å². The Labute approximate surface area is 117 Å². The lowest BCUT2D eigenvalue weighted by Gasteiger charge is -2.13. The molecule has 0 aliphatic carbocycles. The van der Waals surface area contributed by atoms with Crippen LogP contribution in [0.3, 0.4) is 0 Å². The van der Waals surface area contributed by atoms with E-state index in [1.165, 1.54) is 13.3 Å². The van der Waals surface area contributed by atoms with E-state index < -0.39 is 22.0 Å². The third-order valence-electron chi connectivity index (χ3n) is 2.67. The Kier molecular flexibility index (Phi) is 6.11. The van der Waals surface area contributed by atoms with Gasteiger partial charge in [0, 0.05) is 20.1 Å². The second-order valence-corrected chi connectivity index (χ2v) is 5.88. The molecule has 0 fully saturated rings. The molecular formula is C11H19N3O5S. The number of nitrogens with one attached hydrogen (secondary N) is 2. The van der Waals surface area contributed by atoms with Gasteiger partial charge in [-0.2, -0.15) is 4.72 Å². The zero-order valence-corrected chi connectivity index (χ0v) is 12.2. The van der Waals surface area contributed by atoms with Crippen molar-refractivity contribution in [2.75, 3.05) is 13.7 Å².